The van der Waals surface area contributed by atoms with Gasteiger partial charge in [0.2, 0.25) is 0 Å². The quantitative estimate of drug-likeness (QED) is 0.418. The van der Waals surface area contributed by atoms with Crippen LogP contribution in [0.3, 0.4) is 0 Å². The zero-order valence-corrected chi connectivity index (χ0v) is 19.7. The van der Waals surface area contributed by atoms with Crippen molar-refractivity contribution in [2.45, 2.75) is 40.3 Å². The number of ether oxygens (including phenoxy) is 1. The summed E-state index contributed by atoms with van der Waals surface area (Å²) in [7, 11) is 2.74. The number of hydrogen-bond donors (Lipinski definition) is 0. The highest BCUT2D eigenvalue weighted by Crippen LogP contribution is 2.31. The van der Waals surface area contributed by atoms with Crippen molar-refractivity contribution in [1.82, 2.24) is 18.7 Å². The zero-order valence-electron chi connectivity index (χ0n) is 18.8. The number of aromatic nitrogens is 4. The van der Waals surface area contributed by atoms with Crippen molar-refractivity contribution in [3.63, 3.8) is 0 Å². The van der Waals surface area contributed by atoms with Crippen molar-refractivity contribution in [2.75, 3.05) is 7.11 Å². The highest BCUT2D eigenvalue weighted by Gasteiger charge is 2.27. The lowest BCUT2D eigenvalue weighted by atomic mass is 10.1. The molecule has 9 heteroatoms. The van der Waals surface area contributed by atoms with Crippen molar-refractivity contribution in [3.8, 4) is 0 Å². The van der Waals surface area contributed by atoms with Gasteiger partial charge in [-0.3, -0.25) is 13.9 Å². The molecule has 8 nitrogen and oxygen atoms in total. The number of carbonyl (C=O) groups excluding carboxylic acids is 1. The van der Waals surface area contributed by atoms with Crippen LogP contribution in [-0.2, 0) is 31.3 Å². The molecule has 1 aromatic carbocycles. The van der Waals surface area contributed by atoms with Crippen LogP contribution in [0.2, 0.25) is 0 Å². The minimum Gasteiger partial charge on any atom is -0.465 e. The number of fused-ring (bicyclic) bond motifs is 2. The molecule has 0 atom stereocenters. The summed E-state index contributed by atoms with van der Waals surface area (Å²) in [4.78, 5) is 44.7. The average Bonchev–Trinajstić information content (AvgIpc) is 3.33. The van der Waals surface area contributed by atoms with E-state index in [1.807, 2.05) is 45.0 Å². The Bertz CT molecular complexity index is 1450. The van der Waals surface area contributed by atoms with Crippen LogP contribution in [0.15, 0.2) is 33.9 Å². The SMILES string of the molecule is CCc1nc2ccccc2n1Cc1sc2c(c1C(=O)OC)c(=O)n(C)c(=O)n2CC(C)C. The molecule has 0 aliphatic heterocycles. The van der Waals surface area contributed by atoms with E-state index in [1.165, 1.54) is 25.5 Å². The van der Waals surface area contributed by atoms with Crippen LogP contribution in [0.4, 0.5) is 0 Å². The third-order valence-electron chi connectivity index (χ3n) is 5.53. The van der Waals surface area contributed by atoms with Crippen molar-refractivity contribution in [2.24, 2.45) is 13.0 Å². The molecular formula is C23H26N4O4S. The Morgan fingerprint density at radius 1 is 1.19 bits per heavy atom. The second-order valence-corrected chi connectivity index (χ2v) is 9.26. The first-order valence-electron chi connectivity index (χ1n) is 10.6. The molecule has 32 heavy (non-hydrogen) atoms. The molecule has 4 aromatic rings. The molecular weight excluding hydrogens is 428 g/mol. The number of para-hydroxylation sites is 2. The van der Waals surface area contributed by atoms with Crippen LogP contribution >= 0.6 is 11.3 Å². The van der Waals surface area contributed by atoms with E-state index in [1.54, 1.807) is 4.57 Å². The smallest absolute Gasteiger partial charge is 0.339 e. The number of thiophene rings is 1. The van der Waals surface area contributed by atoms with Crippen LogP contribution in [0.1, 0.15) is 41.8 Å². The normalized spacial score (nSPS) is 11.7. The van der Waals surface area contributed by atoms with Crippen LogP contribution < -0.4 is 11.2 Å². The molecule has 0 unspecified atom stereocenters. The summed E-state index contributed by atoms with van der Waals surface area (Å²) in [5.74, 6) is 0.484. The molecule has 0 aliphatic rings. The number of hydrogen-bond acceptors (Lipinski definition) is 6. The predicted octanol–water partition coefficient (Wildman–Crippen LogP) is 3.16. The molecule has 0 spiro atoms. The third-order valence-corrected chi connectivity index (χ3v) is 6.73. The highest BCUT2D eigenvalue weighted by molar-refractivity contribution is 7.19. The number of methoxy groups -OCH3 is 1. The molecule has 4 rings (SSSR count). The lowest BCUT2D eigenvalue weighted by molar-refractivity contribution is 0.0602. The van der Waals surface area contributed by atoms with Crippen molar-refractivity contribution in [3.05, 3.63) is 61.4 Å². The summed E-state index contributed by atoms with van der Waals surface area (Å²) in [5.41, 5.74) is 1.18. The molecule has 0 radical (unpaired) electrons. The predicted molar refractivity (Wildman–Crippen MR) is 126 cm³/mol. The number of nitrogens with zero attached hydrogens (tertiary/aromatic N) is 4. The summed E-state index contributed by atoms with van der Waals surface area (Å²) in [6.07, 6.45) is 0.715. The lowest BCUT2D eigenvalue weighted by Gasteiger charge is -2.11. The maximum atomic E-state index is 13.1. The van der Waals surface area contributed by atoms with E-state index in [-0.39, 0.29) is 22.6 Å². The van der Waals surface area contributed by atoms with Crippen LogP contribution in [0, 0.1) is 5.92 Å². The van der Waals surface area contributed by atoms with E-state index in [0.717, 1.165) is 21.4 Å². The van der Waals surface area contributed by atoms with Crippen LogP contribution in [0.5, 0.6) is 0 Å². The van der Waals surface area contributed by atoms with E-state index in [4.69, 9.17) is 9.72 Å². The van der Waals surface area contributed by atoms with Gasteiger partial charge in [-0.05, 0) is 18.1 Å². The zero-order chi connectivity index (χ0) is 23.2. The van der Waals surface area contributed by atoms with Gasteiger partial charge in [0.1, 0.15) is 10.7 Å². The number of aryl methyl sites for hydroxylation is 1. The molecule has 3 heterocycles. The minimum absolute atomic E-state index is 0.185. The molecule has 0 amide bonds. The van der Waals surface area contributed by atoms with Gasteiger partial charge in [-0.1, -0.05) is 32.9 Å². The number of imidazole rings is 1. The molecule has 0 N–H and O–H groups in total. The fourth-order valence-corrected chi connectivity index (χ4v) is 5.32. The Morgan fingerprint density at radius 3 is 2.56 bits per heavy atom. The second-order valence-electron chi connectivity index (χ2n) is 8.18. The Morgan fingerprint density at radius 2 is 1.91 bits per heavy atom. The van der Waals surface area contributed by atoms with Crippen molar-refractivity contribution < 1.29 is 9.53 Å². The first kappa shape index (κ1) is 22.0. The number of esters is 1. The molecule has 3 aromatic heterocycles. The second kappa shape index (κ2) is 8.38. The van der Waals surface area contributed by atoms with Crippen LogP contribution in [-0.4, -0.2) is 31.8 Å². The fraction of sp³-hybridized carbons (Fsp3) is 0.391. The first-order valence-corrected chi connectivity index (χ1v) is 11.4. The number of carbonyl (C=O) groups is 1. The summed E-state index contributed by atoms with van der Waals surface area (Å²) in [5, 5.41) is 0.238. The van der Waals surface area contributed by atoms with E-state index in [0.29, 0.717) is 29.2 Å². The van der Waals surface area contributed by atoms with Gasteiger partial charge in [0, 0.05) is 24.9 Å². The van der Waals surface area contributed by atoms with Gasteiger partial charge in [-0.25, -0.2) is 14.6 Å². The van der Waals surface area contributed by atoms with E-state index < -0.39 is 11.5 Å². The first-order chi connectivity index (χ1) is 15.3. The third kappa shape index (κ3) is 3.46. The molecule has 0 bridgehead atoms. The largest absolute Gasteiger partial charge is 0.465 e. The number of benzene rings is 1. The standard InChI is InChI=1S/C23H26N4O4S/c1-6-17-24-14-9-7-8-10-15(14)26(17)12-16-18(22(29)31-5)19-20(28)25(4)23(30)27(11-13(2)3)21(19)32-16/h7-10,13H,6,11-12H2,1-5H3. The highest BCUT2D eigenvalue weighted by atomic mass is 32.1. The van der Waals surface area contributed by atoms with Crippen molar-refractivity contribution in [1.29, 1.82) is 0 Å². The maximum absolute atomic E-state index is 13.1. The Kier molecular flexibility index (Phi) is 5.77. The summed E-state index contributed by atoms with van der Waals surface area (Å²) < 4.78 is 9.78. The molecule has 168 valence electrons. The van der Waals surface area contributed by atoms with Gasteiger partial charge in [-0.2, -0.15) is 0 Å². The number of rotatable bonds is 6. The van der Waals surface area contributed by atoms with E-state index >= 15 is 0 Å². The molecule has 0 saturated carbocycles. The maximum Gasteiger partial charge on any atom is 0.339 e. The molecule has 0 saturated heterocycles. The summed E-state index contributed by atoms with van der Waals surface area (Å²) in [6, 6.07) is 7.82. The average molecular weight is 455 g/mol. The molecule has 0 fully saturated rings. The van der Waals surface area contributed by atoms with E-state index in [2.05, 4.69) is 4.57 Å². The van der Waals surface area contributed by atoms with E-state index in [9.17, 15) is 14.4 Å². The Labute approximate surface area is 188 Å². The van der Waals surface area contributed by atoms with Gasteiger partial charge in [-0.15, -0.1) is 11.3 Å². The fourth-order valence-electron chi connectivity index (χ4n) is 4.05. The summed E-state index contributed by atoms with van der Waals surface area (Å²) in [6.45, 7) is 6.83. The monoisotopic (exact) mass is 454 g/mol. The Hall–Kier alpha value is -3.20. The van der Waals surface area contributed by atoms with Gasteiger partial charge in [0.15, 0.2) is 0 Å². The van der Waals surface area contributed by atoms with Crippen molar-refractivity contribution >= 4 is 38.6 Å². The van der Waals surface area contributed by atoms with Gasteiger partial charge in [0.05, 0.1) is 35.6 Å². The topological polar surface area (TPSA) is 88.1 Å². The minimum atomic E-state index is -0.583. The van der Waals surface area contributed by atoms with Gasteiger partial charge < -0.3 is 9.30 Å². The lowest BCUT2D eigenvalue weighted by Crippen LogP contribution is -2.38. The Balaban J connectivity index is 2.04. The molecule has 0 aliphatic carbocycles. The van der Waals surface area contributed by atoms with Gasteiger partial charge in [0.25, 0.3) is 5.56 Å². The van der Waals surface area contributed by atoms with Gasteiger partial charge >= 0.3 is 11.7 Å². The van der Waals surface area contributed by atoms with Crippen LogP contribution in [0.25, 0.3) is 21.3 Å². The summed E-state index contributed by atoms with van der Waals surface area (Å²) >= 11 is 1.30.